The standard InChI is InChI=1S/C11H17N3O.2ClH/c1-11(4-5-11)13-6-9-8(7-15)2-3-10(12)14-9;;/h2-3,13,15H,4-7H2,1H3,(H2,12,14);2*1H. The van der Waals surface area contributed by atoms with E-state index in [1.807, 2.05) is 6.07 Å². The van der Waals surface area contributed by atoms with Crippen molar-refractivity contribution < 1.29 is 5.11 Å². The molecule has 17 heavy (non-hydrogen) atoms. The van der Waals surface area contributed by atoms with Gasteiger partial charge in [-0.1, -0.05) is 6.07 Å². The molecule has 1 aliphatic carbocycles. The molecule has 98 valence electrons. The quantitative estimate of drug-likeness (QED) is 0.784. The molecule has 1 aromatic rings. The van der Waals surface area contributed by atoms with Gasteiger partial charge in [-0.05, 0) is 25.8 Å². The zero-order valence-electron chi connectivity index (χ0n) is 9.77. The number of hydrogen-bond acceptors (Lipinski definition) is 4. The maximum absolute atomic E-state index is 9.15. The van der Waals surface area contributed by atoms with Crippen LogP contribution in [0.4, 0.5) is 5.82 Å². The summed E-state index contributed by atoms with van der Waals surface area (Å²) in [6.07, 6.45) is 2.42. The smallest absolute Gasteiger partial charge is 0.123 e. The molecule has 6 heteroatoms. The molecular formula is C11H19Cl2N3O. The van der Waals surface area contributed by atoms with E-state index in [2.05, 4.69) is 17.2 Å². The van der Waals surface area contributed by atoms with Crippen LogP contribution < -0.4 is 11.1 Å². The number of nitrogen functional groups attached to an aromatic ring is 1. The lowest BCUT2D eigenvalue weighted by atomic mass is 10.2. The number of nitrogens with two attached hydrogens (primary N) is 1. The van der Waals surface area contributed by atoms with E-state index in [4.69, 9.17) is 10.8 Å². The molecule has 1 aliphatic rings. The van der Waals surface area contributed by atoms with Crippen molar-refractivity contribution in [3.63, 3.8) is 0 Å². The summed E-state index contributed by atoms with van der Waals surface area (Å²) in [6.45, 7) is 2.89. The van der Waals surface area contributed by atoms with Crippen LogP contribution in [-0.2, 0) is 13.2 Å². The fourth-order valence-corrected chi connectivity index (χ4v) is 1.51. The van der Waals surface area contributed by atoms with Gasteiger partial charge in [-0.15, -0.1) is 24.8 Å². The number of nitrogens with one attached hydrogen (secondary N) is 1. The molecule has 0 aromatic carbocycles. The lowest BCUT2D eigenvalue weighted by Gasteiger charge is -2.13. The van der Waals surface area contributed by atoms with E-state index in [-0.39, 0.29) is 37.0 Å². The molecular weight excluding hydrogens is 261 g/mol. The summed E-state index contributed by atoms with van der Waals surface area (Å²) >= 11 is 0. The Kier molecular flexibility index (Phi) is 6.19. The molecule has 1 fully saturated rings. The SMILES string of the molecule is CC1(NCc2nc(N)ccc2CO)CC1.Cl.Cl. The van der Waals surface area contributed by atoms with Crippen LogP contribution in [0.5, 0.6) is 0 Å². The van der Waals surface area contributed by atoms with E-state index in [1.165, 1.54) is 12.8 Å². The molecule has 0 saturated heterocycles. The van der Waals surface area contributed by atoms with Crippen LogP contribution in [0.3, 0.4) is 0 Å². The van der Waals surface area contributed by atoms with Crippen molar-refractivity contribution in [3.8, 4) is 0 Å². The van der Waals surface area contributed by atoms with Crippen molar-refractivity contribution in [2.45, 2.75) is 38.5 Å². The number of halogens is 2. The third-order valence-electron chi connectivity index (χ3n) is 2.94. The van der Waals surface area contributed by atoms with E-state index < -0.39 is 0 Å². The molecule has 2 rings (SSSR count). The molecule has 4 nitrogen and oxygen atoms in total. The van der Waals surface area contributed by atoms with E-state index in [0.29, 0.717) is 12.4 Å². The van der Waals surface area contributed by atoms with Gasteiger partial charge in [0, 0.05) is 17.6 Å². The molecule has 0 spiro atoms. The Balaban J connectivity index is 0.00000128. The highest BCUT2D eigenvalue weighted by Crippen LogP contribution is 2.34. The van der Waals surface area contributed by atoms with Gasteiger partial charge < -0.3 is 16.2 Å². The van der Waals surface area contributed by atoms with Crippen molar-refractivity contribution in [2.75, 3.05) is 5.73 Å². The van der Waals surface area contributed by atoms with Gasteiger partial charge in [-0.25, -0.2) is 4.98 Å². The number of aliphatic hydroxyl groups is 1. The number of anilines is 1. The van der Waals surface area contributed by atoms with Gasteiger partial charge in [0.25, 0.3) is 0 Å². The zero-order valence-corrected chi connectivity index (χ0v) is 11.4. The Bertz CT molecular complexity index is 370. The Morgan fingerprint density at radius 2 is 2.06 bits per heavy atom. The van der Waals surface area contributed by atoms with Crippen molar-refractivity contribution in [1.29, 1.82) is 0 Å². The number of nitrogens with zero attached hydrogens (tertiary/aromatic N) is 1. The van der Waals surface area contributed by atoms with Crippen molar-refractivity contribution in [2.24, 2.45) is 0 Å². The highest BCUT2D eigenvalue weighted by Gasteiger charge is 2.36. The largest absolute Gasteiger partial charge is 0.392 e. The Morgan fingerprint density at radius 3 is 2.59 bits per heavy atom. The van der Waals surface area contributed by atoms with Crippen LogP contribution in [0, 0.1) is 0 Å². The van der Waals surface area contributed by atoms with Gasteiger partial charge in [0.1, 0.15) is 5.82 Å². The lowest BCUT2D eigenvalue weighted by molar-refractivity contribution is 0.279. The molecule has 0 bridgehead atoms. The molecule has 0 aliphatic heterocycles. The van der Waals surface area contributed by atoms with E-state index >= 15 is 0 Å². The highest BCUT2D eigenvalue weighted by molar-refractivity contribution is 5.85. The first kappa shape index (κ1) is 16.4. The second-order valence-electron chi connectivity index (χ2n) is 4.41. The van der Waals surface area contributed by atoms with Crippen molar-refractivity contribution >= 4 is 30.6 Å². The first-order valence-corrected chi connectivity index (χ1v) is 5.23. The van der Waals surface area contributed by atoms with Crippen LogP contribution in [0.1, 0.15) is 31.0 Å². The van der Waals surface area contributed by atoms with Crippen LogP contribution in [0.25, 0.3) is 0 Å². The highest BCUT2D eigenvalue weighted by atomic mass is 35.5. The van der Waals surface area contributed by atoms with E-state index in [9.17, 15) is 0 Å². The second kappa shape index (κ2) is 6.40. The average Bonchev–Trinajstić information content (AvgIpc) is 2.95. The summed E-state index contributed by atoms with van der Waals surface area (Å²) in [7, 11) is 0. The van der Waals surface area contributed by atoms with Gasteiger partial charge in [0.15, 0.2) is 0 Å². The number of aromatic nitrogens is 1. The van der Waals surface area contributed by atoms with Crippen molar-refractivity contribution in [1.82, 2.24) is 10.3 Å². The minimum atomic E-state index is 0. The van der Waals surface area contributed by atoms with Crippen LogP contribution in [-0.4, -0.2) is 15.6 Å². The first-order valence-electron chi connectivity index (χ1n) is 5.23. The minimum Gasteiger partial charge on any atom is -0.392 e. The van der Waals surface area contributed by atoms with Crippen LogP contribution in [0.15, 0.2) is 12.1 Å². The number of pyridine rings is 1. The van der Waals surface area contributed by atoms with Gasteiger partial charge in [-0.3, -0.25) is 0 Å². The fourth-order valence-electron chi connectivity index (χ4n) is 1.51. The minimum absolute atomic E-state index is 0. The molecule has 0 amide bonds. The van der Waals surface area contributed by atoms with E-state index in [0.717, 1.165) is 11.3 Å². The number of rotatable bonds is 4. The number of aliphatic hydroxyl groups excluding tert-OH is 1. The predicted molar refractivity (Wildman–Crippen MR) is 73.5 cm³/mol. The lowest BCUT2D eigenvalue weighted by Crippen LogP contribution is -2.28. The summed E-state index contributed by atoms with van der Waals surface area (Å²) in [5.41, 5.74) is 7.59. The third kappa shape index (κ3) is 4.32. The Hall–Kier alpha value is -0.550. The molecule has 0 unspecified atom stereocenters. The molecule has 1 heterocycles. The maximum atomic E-state index is 9.15. The molecule has 0 radical (unpaired) electrons. The molecule has 1 aromatic heterocycles. The fraction of sp³-hybridized carbons (Fsp3) is 0.545. The average molecular weight is 280 g/mol. The van der Waals surface area contributed by atoms with Gasteiger partial charge in [-0.2, -0.15) is 0 Å². The van der Waals surface area contributed by atoms with E-state index in [1.54, 1.807) is 6.07 Å². The zero-order chi connectivity index (χ0) is 10.9. The summed E-state index contributed by atoms with van der Waals surface area (Å²) in [5.74, 6) is 0.505. The topological polar surface area (TPSA) is 71.2 Å². The monoisotopic (exact) mass is 279 g/mol. The second-order valence-corrected chi connectivity index (χ2v) is 4.41. The van der Waals surface area contributed by atoms with Crippen molar-refractivity contribution in [3.05, 3.63) is 23.4 Å². The molecule has 4 N–H and O–H groups in total. The summed E-state index contributed by atoms with van der Waals surface area (Å²) in [6, 6.07) is 3.54. The van der Waals surface area contributed by atoms with Gasteiger partial charge >= 0.3 is 0 Å². The molecule has 0 atom stereocenters. The normalized spacial score (nSPS) is 15.6. The Morgan fingerprint density at radius 1 is 1.41 bits per heavy atom. The molecule has 1 saturated carbocycles. The Labute approximate surface area is 114 Å². The summed E-state index contributed by atoms with van der Waals surface area (Å²) in [4.78, 5) is 4.23. The summed E-state index contributed by atoms with van der Waals surface area (Å²) in [5, 5.41) is 12.6. The first-order chi connectivity index (χ1) is 7.13. The summed E-state index contributed by atoms with van der Waals surface area (Å²) < 4.78 is 0. The van der Waals surface area contributed by atoms with Crippen LogP contribution in [0.2, 0.25) is 0 Å². The van der Waals surface area contributed by atoms with Gasteiger partial charge in [0.2, 0.25) is 0 Å². The third-order valence-corrected chi connectivity index (χ3v) is 2.94. The number of hydrogen-bond donors (Lipinski definition) is 3. The van der Waals surface area contributed by atoms with Gasteiger partial charge in [0.05, 0.1) is 12.3 Å². The maximum Gasteiger partial charge on any atom is 0.123 e. The van der Waals surface area contributed by atoms with Crippen LogP contribution >= 0.6 is 24.8 Å². The predicted octanol–water partition coefficient (Wildman–Crippen LogP) is 1.64.